The number of alkyl halides is 3. The Morgan fingerprint density at radius 3 is 2.57 bits per heavy atom. The van der Waals surface area contributed by atoms with Crippen molar-refractivity contribution in [3.63, 3.8) is 0 Å². The van der Waals surface area contributed by atoms with E-state index in [1.54, 1.807) is 24.3 Å². The Balaban J connectivity index is 1.83. The molecule has 10 heteroatoms. The predicted molar refractivity (Wildman–Crippen MR) is 135 cm³/mol. The van der Waals surface area contributed by atoms with E-state index < -0.39 is 17.6 Å². The molecule has 1 amide bonds. The molecule has 0 atom stereocenters. The lowest BCUT2D eigenvalue weighted by atomic mass is 10.1. The Morgan fingerprint density at radius 2 is 1.91 bits per heavy atom. The molecule has 0 saturated heterocycles. The molecule has 0 radical (unpaired) electrons. The van der Waals surface area contributed by atoms with Gasteiger partial charge in [-0.15, -0.1) is 0 Å². The number of hydrogen-bond donors (Lipinski definition) is 1. The number of rotatable bonds is 7. The molecule has 0 heterocycles. The first kappa shape index (κ1) is 26.4. The van der Waals surface area contributed by atoms with Crippen LogP contribution in [-0.2, 0) is 17.6 Å². The number of carbonyl (C=O) groups is 1. The fraction of sp³-hybridized carbons (Fsp3) is 0.120. The Bertz CT molecular complexity index is 1320. The van der Waals surface area contributed by atoms with Crippen molar-refractivity contribution in [1.82, 2.24) is 0 Å². The molecule has 0 unspecified atom stereocenters. The summed E-state index contributed by atoms with van der Waals surface area (Å²) in [7, 11) is 1.45. The Morgan fingerprint density at radius 1 is 1.17 bits per heavy atom. The van der Waals surface area contributed by atoms with Gasteiger partial charge >= 0.3 is 6.18 Å². The number of halogens is 5. The van der Waals surface area contributed by atoms with Crippen LogP contribution in [0.4, 0.5) is 18.9 Å². The molecule has 3 aromatic rings. The minimum absolute atomic E-state index is 0.0820. The maximum absolute atomic E-state index is 12.9. The van der Waals surface area contributed by atoms with Crippen LogP contribution in [0.3, 0.4) is 0 Å². The van der Waals surface area contributed by atoms with Crippen LogP contribution in [-0.4, -0.2) is 13.0 Å². The predicted octanol–water partition coefficient (Wildman–Crippen LogP) is 7.10. The van der Waals surface area contributed by atoms with Gasteiger partial charge in [0.25, 0.3) is 5.91 Å². The summed E-state index contributed by atoms with van der Waals surface area (Å²) in [4.78, 5) is 12.6. The molecule has 180 valence electrons. The van der Waals surface area contributed by atoms with Crippen molar-refractivity contribution < 1.29 is 27.4 Å². The number of nitriles is 1. The van der Waals surface area contributed by atoms with E-state index in [1.807, 2.05) is 40.8 Å². The lowest BCUT2D eigenvalue weighted by molar-refractivity contribution is -0.137. The van der Waals surface area contributed by atoms with Crippen LogP contribution in [0.5, 0.6) is 11.5 Å². The zero-order valence-corrected chi connectivity index (χ0v) is 21.0. The number of amides is 1. The van der Waals surface area contributed by atoms with Crippen molar-refractivity contribution >= 4 is 51.9 Å². The van der Waals surface area contributed by atoms with Gasteiger partial charge in [-0.2, -0.15) is 18.4 Å². The number of anilines is 1. The van der Waals surface area contributed by atoms with Gasteiger partial charge in [0, 0.05) is 16.3 Å². The first-order chi connectivity index (χ1) is 16.6. The Labute approximate surface area is 218 Å². The molecular formula is C25H17ClF3IN2O3. The van der Waals surface area contributed by atoms with Gasteiger partial charge in [0.1, 0.15) is 18.2 Å². The van der Waals surface area contributed by atoms with Crippen molar-refractivity contribution in [1.29, 1.82) is 5.26 Å². The average Bonchev–Trinajstić information content (AvgIpc) is 2.82. The highest BCUT2D eigenvalue weighted by Crippen LogP contribution is 2.36. The molecule has 0 aliphatic heterocycles. The van der Waals surface area contributed by atoms with Gasteiger partial charge in [0.05, 0.1) is 16.2 Å². The van der Waals surface area contributed by atoms with E-state index in [-0.39, 0.29) is 17.9 Å². The van der Waals surface area contributed by atoms with Crippen LogP contribution >= 0.6 is 34.2 Å². The lowest BCUT2D eigenvalue weighted by Gasteiger charge is -2.14. The first-order valence-electron chi connectivity index (χ1n) is 9.96. The largest absolute Gasteiger partial charge is 0.493 e. The number of carbonyl (C=O) groups excluding carboxylic acids is 1. The van der Waals surface area contributed by atoms with E-state index >= 15 is 0 Å². The zero-order chi connectivity index (χ0) is 25.6. The molecule has 5 nitrogen and oxygen atoms in total. The van der Waals surface area contributed by atoms with Crippen molar-refractivity contribution in [2.24, 2.45) is 0 Å². The SMILES string of the molecule is COc1cc(/C=C(\C#N)C(=O)Nc2cccc(C(F)(F)F)c2)cc(I)c1OCc1ccccc1Cl. The highest BCUT2D eigenvalue weighted by molar-refractivity contribution is 14.1. The van der Waals surface area contributed by atoms with Gasteiger partial charge in [-0.3, -0.25) is 4.79 Å². The maximum atomic E-state index is 12.9. The molecule has 0 bridgehead atoms. The third-order valence-electron chi connectivity index (χ3n) is 4.71. The second kappa shape index (κ2) is 11.5. The fourth-order valence-corrected chi connectivity index (χ4v) is 3.99. The van der Waals surface area contributed by atoms with Crippen molar-refractivity contribution in [3.8, 4) is 17.6 Å². The van der Waals surface area contributed by atoms with Gasteiger partial charge < -0.3 is 14.8 Å². The highest BCUT2D eigenvalue weighted by atomic mass is 127. The van der Waals surface area contributed by atoms with Crippen LogP contribution in [0.15, 0.2) is 66.2 Å². The normalized spacial score (nSPS) is 11.5. The number of methoxy groups -OCH3 is 1. The van der Waals surface area contributed by atoms with Crippen molar-refractivity contribution in [2.45, 2.75) is 12.8 Å². The lowest BCUT2D eigenvalue weighted by Crippen LogP contribution is -2.14. The molecule has 0 spiro atoms. The number of benzene rings is 3. The maximum Gasteiger partial charge on any atom is 0.416 e. The van der Waals surface area contributed by atoms with Crippen LogP contribution < -0.4 is 14.8 Å². The third-order valence-corrected chi connectivity index (χ3v) is 5.88. The van der Waals surface area contributed by atoms with E-state index in [4.69, 9.17) is 21.1 Å². The van der Waals surface area contributed by atoms with Gasteiger partial charge in [0.2, 0.25) is 0 Å². The number of ether oxygens (including phenoxy) is 2. The van der Waals surface area contributed by atoms with Crippen LogP contribution in [0, 0.1) is 14.9 Å². The molecular weight excluding hydrogens is 596 g/mol. The summed E-state index contributed by atoms with van der Waals surface area (Å²) in [5, 5.41) is 12.4. The topological polar surface area (TPSA) is 71.3 Å². The molecule has 3 aromatic carbocycles. The summed E-state index contributed by atoms with van der Waals surface area (Å²) < 4.78 is 50.7. The second-order valence-corrected chi connectivity index (χ2v) is 8.69. The number of nitrogens with zero attached hydrogens (tertiary/aromatic N) is 1. The first-order valence-corrected chi connectivity index (χ1v) is 11.4. The van der Waals surface area contributed by atoms with Gasteiger partial charge in [-0.25, -0.2) is 0 Å². The molecule has 0 fully saturated rings. The smallest absolute Gasteiger partial charge is 0.416 e. The Hall–Kier alpha value is -3.23. The van der Waals surface area contributed by atoms with Crippen LogP contribution in [0.25, 0.3) is 6.08 Å². The Kier molecular flexibility index (Phi) is 8.64. The molecule has 1 N–H and O–H groups in total. The summed E-state index contributed by atoms with van der Waals surface area (Å²) >= 11 is 8.21. The van der Waals surface area contributed by atoms with E-state index in [0.29, 0.717) is 25.7 Å². The average molecular weight is 613 g/mol. The molecule has 35 heavy (non-hydrogen) atoms. The van der Waals surface area contributed by atoms with Crippen LogP contribution in [0.1, 0.15) is 16.7 Å². The molecule has 0 aliphatic carbocycles. The van der Waals surface area contributed by atoms with Gasteiger partial charge in [-0.05, 0) is 70.6 Å². The fourth-order valence-electron chi connectivity index (χ4n) is 3.02. The summed E-state index contributed by atoms with van der Waals surface area (Å²) in [6, 6.07) is 16.4. The quantitative estimate of drug-likeness (QED) is 0.176. The standard InChI is InChI=1S/C25H17ClF3IN2O3/c1-34-22-11-15(10-21(30)23(22)35-14-16-5-2-3-8-20(16)26)9-17(13-31)24(33)32-19-7-4-6-18(12-19)25(27,28)29/h2-12H,14H2,1H3,(H,32,33)/b17-9+. The van der Waals surface area contributed by atoms with E-state index in [9.17, 15) is 23.2 Å². The summed E-state index contributed by atoms with van der Waals surface area (Å²) in [5.41, 5.74) is -0.0444. The third kappa shape index (κ3) is 6.90. The van der Waals surface area contributed by atoms with E-state index in [2.05, 4.69) is 5.32 Å². The van der Waals surface area contributed by atoms with Crippen molar-refractivity contribution in [3.05, 3.63) is 91.5 Å². The molecule has 0 saturated carbocycles. The van der Waals surface area contributed by atoms with E-state index in [1.165, 1.54) is 25.3 Å². The van der Waals surface area contributed by atoms with Gasteiger partial charge in [0.15, 0.2) is 11.5 Å². The van der Waals surface area contributed by atoms with E-state index in [0.717, 1.165) is 17.7 Å². The number of nitrogens with one attached hydrogen (secondary N) is 1. The molecule has 0 aromatic heterocycles. The zero-order valence-electron chi connectivity index (χ0n) is 18.1. The summed E-state index contributed by atoms with van der Waals surface area (Å²) in [5.74, 6) is -0.0253. The van der Waals surface area contributed by atoms with Crippen molar-refractivity contribution in [2.75, 3.05) is 12.4 Å². The molecule has 3 rings (SSSR count). The molecule has 0 aliphatic rings. The minimum Gasteiger partial charge on any atom is -0.493 e. The number of hydrogen-bond acceptors (Lipinski definition) is 4. The summed E-state index contributed by atoms with van der Waals surface area (Å²) in [6.07, 6.45) is -3.25. The summed E-state index contributed by atoms with van der Waals surface area (Å²) in [6.45, 7) is 0.198. The van der Waals surface area contributed by atoms with Crippen LogP contribution in [0.2, 0.25) is 5.02 Å². The highest BCUT2D eigenvalue weighted by Gasteiger charge is 2.30. The monoisotopic (exact) mass is 612 g/mol. The van der Waals surface area contributed by atoms with Gasteiger partial charge in [-0.1, -0.05) is 35.9 Å². The second-order valence-electron chi connectivity index (χ2n) is 7.12. The minimum atomic E-state index is -4.56.